The molecule has 0 spiro atoms. The van der Waals surface area contributed by atoms with Crippen LogP contribution in [0.25, 0.3) is 11.8 Å². The summed E-state index contributed by atoms with van der Waals surface area (Å²) in [6.07, 6.45) is 11.5. The molecule has 2 aromatic carbocycles. The number of amides is 1. The summed E-state index contributed by atoms with van der Waals surface area (Å²) in [5.74, 6) is 1.54. The Kier molecular flexibility index (Phi) is 9.73. The third kappa shape index (κ3) is 7.78. The Bertz CT molecular complexity index is 1050. The minimum atomic E-state index is 0.0410. The SMILES string of the molecule is COc1ccc(CCN(C)CCCNC(=O)C/C=C/c2ccc(-n3ccnc3)cc2)cc1OC. The number of aromatic nitrogens is 2. The van der Waals surface area contributed by atoms with Crippen LogP contribution >= 0.6 is 0 Å². The van der Waals surface area contributed by atoms with Gasteiger partial charge in [-0.05, 0) is 61.8 Å². The molecule has 180 valence electrons. The van der Waals surface area contributed by atoms with Crippen molar-refractivity contribution in [1.29, 1.82) is 0 Å². The molecule has 0 unspecified atom stereocenters. The van der Waals surface area contributed by atoms with E-state index < -0.39 is 0 Å². The van der Waals surface area contributed by atoms with Crippen molar-refractivity contribution in [3.05, 3.63) is 78.4 Å². The average molecular weight is 463 g/mol. The number of hydrogen-bond acceptors (Lipinski definition) is 5. The average Bonchev–Trinajstić information content (AvgIpc) is 3.40. The highest BCUT2D eigenvalue weighted by molar-refractivity contribution is 5.78. The van der Waals surface area contributed by atoms with E-state index in [4.69, 9.17) is 9.47 Å². The molecule has 0 radical (unpaired) electrons. The summed E-state index contributed by atoms with van der Waals surface area (Å²) in [6, 6.07) is 14.1. The van der Waals surface area contributed by atoms with E-state index in [1.807, 2.05) is 59.3 Å². The number of imidazole rings is 1. The van der Waals surface area contributed by atoms with Gasteiger partial charge in [-0.15, -0.1) is 0 Å². The Morgan fingerprint density at radius 3 is 2.59 bits per heavy atom. The summed E-state index contributed by atoms with van der Waals surface area (Å²) in [4.78, 5) is 18.4. The number of carbonyl (C=O) groups excluding carboxylic acids is 1. The van der Waals surface area contributed by atoms with Gasteiger partial charge in [0.1, 0.15) is 0 Å². The lowest BCUT2D eigenvalue weighted by Gasteiger charge is -2.17. The van der Waals surface area contributed by atoms with Crippen molar-refractivity contribution >= 4 is 12.0 Å². The zero-order valence-corrected chi connectivity index (χ0v) is 20.2. The third-order valence-electron chi connectivity index (χ3n) is 5.58. The van der Waals surface area contributed by atoms with Crippen molar-refractivity contribution < 1.29 is 14.3 Å². The van der Waals surface area contributed by atoms with Crippen molar-refractivity contribution in [2.45, 2.75) is 19.3 Å². The van der Waals surface area contributed by atoms with Crippen molar-refractivity contribution in [3.63, 3.8) is 0 Å². The molecule has 0 aliphatic heterocycles. The topological polar surface area (TPSA) is 68.6 Å². The Hall–Kier alpha value is -3.58. The summed E-state index contributed by atoms with van der Waals surface area (Å²) < 4.78 is 12.6. The number of ether oxygens (including phenoxy) is 2. The van der Waals surface area contributed by atoms with Gasteiger partial charge in [0.2, 0.25) is 5.91 Å². The molecule has 0 atom stereocenters. The monoisotopic (exact) mass is 462 g/mol. The van der Waals surface area contributed by atoms with Gasteiger partial charge in [0.15, 0.2) is 11.5 Å². The summed E-state index contributed by atoms with van der Waals surface area (Å²) in [5, 5.41) is 3.00. The smallest absolute Gasteiger partial charge is 0.223 e. The first-order valence-corrected chi connectivity index (χ1v) is 11.5. The van der Waals surface area contributed by atoms with Gasteiger partial charge in [-0.3, -0.25) is 4.79 Å². The Morgan fingerprint density at radius 2 is 1.88 bits per heavy atom. The van der Waals surface area contributed by atoms with Crippen LogP contribution in [0.15, 0.2) is 67.3 Å². The lowest BCUT2D eigenvalue weighted by atomic mass is 10.1. The quantitative estimate of drug-likeness (QED) is 0.389. The maximum Gasteiger partial charge on any atom is 0.223 e. The van der Waals surface area contributed by atoms with Gasteiger partial charge >= 0.3 is 0 Å². The van der Waals surface area contributed by atoms with E-state index in [-0.39, 0.29) is 5.91 Å². The van der Waals surface area contributed by atoms with Gasteiger partial charge in [0, 0.05) is 37.6 Å². The molecule has 34 heavy (non-hydrogen) atoms. The van der Waals surface area contributed by atoms with Crippen LogP contribution in [0, 0.1) is 0 Å². The molecular formula is C27H34N4O3. The van der Waals surface area contributed by atoms with E-state index >= 15 is 0 Å². The largest absolute Gasteiger partial charge is 0.493 e. The summed E-state index contributed by atoms with van der Waals surface area (Å²) >= 11 is 0. The van der Waals surface area contributed by atoms with Crippen LogP contribution in [0.4, 0.5) is 0 Å². The fourth-order valence-corrected chi connectivity index (χ4v) is 3.59. The highest BCUT2D eigenvalue weighted by Gasteiger charge is 2.06. The minimum Gasteiger partial charge on any atom is -0.493 e. The molecule has 1 aromatic heterocycles. The van der Waals surface area contributed by atoms with E-state index in [0.29, 0.717) is 13.0 Å². The van der Waals surface area contributed by atoms with Crippen LogP contribution in [0.5, 0.6) is 11.5 Å². The highest BCUT2D eigenvalue weighted by atomic mass is 16.5. The van der Waals surface area contributed by atoms with Crippen LogP contribution in [0.1, 0.15) is 24.0 Å². The van der Waals surface area contributed by atoms with E-state index in [1.165, 1.54) is 5.56 Å². The number of carbonyl (C=O) groups is 1. The second-order valence-electron chi connectivity index (χ2n) is 8.11. The molecule has 0 aliphatic rings. The summed E-state index contributed by atoms with van der Waals surface area (Å²) in [5.41, 5.74) is 3.33. The lowest BCUT2D eigenvalue weighted by Crippen LogP contribution is -2.28. The molecule has 7 nitrogen and oxygen atoms in total. The maximum atomic E-state index is 12.1. The van der Waals surface area contributed by atoms with Gasteiger partial charge < -0.3 is 24.3 Å². The van der Waals surface area contributed by atoms with Gasteiger partial charge in [0.25, 0.3) is 0 Å². The standard InChI is InChI=1S/C27H34N4O3/c1-30(18-14-23-10-13-25(33-2)26(20-23)34-3)17-5-15-29-27(32)7-4-6-22-8-11-24(12-9-22)31-19-16-28-21-31/h4,6,8-13,16,19-21H,5,7,14-15,17-18H2,1-3H3,(H,29,32)/b6-4+. The molecule has 3 rings (SSSR count). The first kappa shape index (κ1) is 25.1. The molecular weight excluding hydrogens is 428 g/mol. The third-order valence-corrected chi connectivity index (χ3v) is 5.58. The highest BCUT2D eigenvalue weighted by Crippen LogP contribution is 2.27. The Labute approximate surface area is 202 Å². The normalized spacial score (nSPS) is 11.2. The van der Waals surface area contributed by atoms with Crippen LogP contribution in [-0.4, -0.2) is 61.3 Å². The Morgan fingerprint density at radius 1 is 1.09 bits per heavy atom. The summed E-state index contributed by atoms with van der Waals surface area (Å²) in [7, 11) is 5.39. The van der Waals surface area contributed by atoms with Crippen LogP contribution in [-0.2, 0) is 11.2 Å². The molecule has 0 fully saturated rings. The van der Waals surface area contributed by atoms with E-state index in [1.54, 1.807) is 26.7 Å². The number of likely N-dealkylation sites (N-methyl/N-ethyl adjacent to an activating group) is 1. The maximum absolute atomic E-state index is 12.1. The molecule has 3 aromatic rings. The first-order chi connectivity index (χ1) is 16.6. The van der Waals surface area contributed by atoms with Crippen molar-refractivity contribution in [2.75, 3.05) is 40.9 Å². The number of nitrogens with one attached hydrogen (secondary N) is 1. The predicted octanol–water partition coefficient (Wildman–Crippen LogP) is 3.97. The number of methoxy groups -OCH3 is 2. The van der Waals surface area contributed by atoms with Crippen molar-refractivity contribution in [2.24, 2.45) is 0 Å². The molecule has 1 heterocycles. The first-order valence-electron chi connectivity index (χ1n) is 11.5. The lowest BCUT2D eigenvalue weighted by molar-refractivity contribution is -0.120. The van der Waals surface area contributed by atoms with Gasteiger partial charge in [-0.2, -0.15) is 0 Å². The molecule has 7 heteroatoms. The van der Waals surface area contributed by atoms with Gasteiger partial charge in [0.05, 0.1) is 20.5 Å². The number of benzene rings is 2. The van der Waals surface area contributed by atoms with Crippen LogP contribution < -0.4 is 14.8 Å². The molecule has 1 N–H and O–H groups in total. The second kappa shape index (κ2) is 13.2. The van der Waals surface area contributed by atoms with Crippen molar-refractivity contribution in [1.82, 2.24) is 19.8 Å². The Balaban J connectivity index is 1.30. The van der Waals surface area contributed by atoms with Crippen LogP contribution in [0.2, 0.25) is 0 Å². The fourth-order valence-electron chi connectivity index (χ4n) is 3.59. The van der Waals surface area contributed by atoms with Gasteiger partial charge in [-0.25, -0.2) is 4.98 Å². The number of hydrogen-bond donors (Lipinski definition) is 1. The molecule has 1 amide bonds. The molecule has 0 saturated heterocycles. The van der Waals surface area contributed by atoms with E-state index in [2.05, 4.69) is 28.3 Å². The van der Waals surface area contributed by atoms with Crippen molar-refractivity contribution in [3.8, 4) is 17.2 Å². The minimum absolute atomic E-state index is 0.0410. The van der Waals surface area contributed by atoms with E-state index in [9.17, 15) is 4.79 Å². The predicted molar refractivity (Wildman–Crippen MR) is 136 cm³/mol. The molecule has 0 bridgehead atoms. The van der Waals surface area contributed by atoms with Gasteiger partial charge in [-0.1, -0.05) is 30.4 Å². The molecule has 0 saturated carbocycles. The molecule has 0 aliphatic carbocycles. The second-order valence-corrected chi connectivity index (χ2v) is 8.11. The zero-order chi connectivity index (χ0) is 24.2. The number of nitrogens with zero attached hydrogens (tertiary/aromatic N) is 3. The van der Waals surface area contributed by atoms with E-state index in [0.717, 1.165) is 48.7 Å². The summed E-state index contributed by atoms with van der Waals surface area (Å²) in [6.45, 7) is 2.53. The van der Waals surface area contributed by atoms with Crippen LogP contribution in [0.3, 0.4) is 0 Å². The zero-order valence-electron chi connectivity index (χ0n) is 20.2. The number of rotatable bonds is 13. The fraction of sp³-hybridized carbons (Fsp3) is 0.333.